The fraction of sp³-hybridized carbons (Fsp3) is 0.600. The van der Waals surface area contributed by atoms with Crippen LogP contribution in [0, 0.1) is 16.7 Å². The van der Waals surface area contributed by atoms with Crippen molar-refractivity contribution in [2.45, 2.75) is 32.3 Å². The Balaban J connectivity index is 3.77. The molecule has 0 aromatic carbocycles. The molecule has 0 spiro atoms. The van der Waals surface area contributed by atoms with Crippen LogP contribution in [0.2, 0.25) is 0 Å². The molecule has 1 nitrogen and oxygen atoms in total. The van der Waals surface area contributed by atoms with E-state index in [1.54, 1.807) is 0 Å². The van der Waals surface area contributed by atoms with Gasteiger partial charge in [0.2, 0.25) is 0 Å². The average molecular weight is 436 g/mol. The van der Waals surface area contributed by atoms with Gasteiger partial charge in [-0.2, -0.15) is 0 Å². The van der Waals surface area contributed by atoms with Crippen molar-refractivity contribution >= 4 is 54.9 Å². The Labute approximate surface area is 117 Å². The lowest BCUT2D eigenvalue weighted by Crippen LogP contribution is -2.07. The highest BCUT2D eigenvalue weighted by Gasteiger charge is 2.08. The van der Waals surface area contributed by atoms with Crippen molar-refractivity contribution in [1.29, 1.82) is 0 Å². The number of hydrogen-bond acceptors (Lipinski definition) is 1. The van der Waals surface area contributed by atoms with Gasteiger partial charge in [-0.15, -0.1) is 0 Å². The van der Waals surface area contributed by atoms with Crippen molar-refractivity contribution in [3.63, 3.8) is 0 Å². The molecule has 0 aromatic rings. The largest absolute Gasteiger partial charge is 0.299 e. The van der Waals surface area contributed by atoms with Gasteiger partial charge in [-0.1, -0.05) is 35.4 Å². The summed E-state index contributed by atoms with van der Waals surface area (Å²) < 4.78 is 6.24. The van der Waals surface area contributed by atoms with Gasteiger partial charge in [0.1, 0.15) is 29.1 Å². The van der Waals surface area contributed by atoms with E-state index in [4.69, 9.17) is 3.07 Å². The fourth-order valence-electron chi connectivity index (χ4n) is 1.12. The van der Waals surface area contributed by atoms with Crippen LogP contribution >= 0.6 is 54.9 Å². The third-order valence-electron chi connectivity index (χ3n) is 1.81. The Bertz CT molecular complexity index is 232. The standard InChI is InChI=1S/C10H13Br2IO/c1-8(7-9(2)12)3-4-10(14-13)5-6-11/h8,10H,2-4,7H2,1H3/t8-,10?/m1/s1. The Kier molecular flexibility index (Phi) is 9.82. The summed E-state index contributed by atoms with van der Waals surface area (Å²) in [5.74, 6) is 3.56. The lowest BCUT2D eigenvalue weighted by Gasteiger charge is -2.12. The second kappa shape index (κ2) is 9.20. The summed E-state index contributed by atoms with van der Waals surface area (Å²) in [5, 5.41) is 0. The summed E-state index contributed by atoms with van der Waals surface area (Å²) in [6.45, 7) is 6.03. The molecule has 0 aromatic heterocycles. The molecule has 14 heavy (non-hydrogen) atoms. The first-order chi connectivity index (χ1) is 6.60. The van der Waals surface area contributed by atoms with Gasteiger partial charge < -0.3 is 0 Å². The van der Waals surface area contributed by atoms with Crippen molar-refractivity contribution in [3.8, 4) is 10.8 Å². The van der Waals surface area contributed by atoms with E-state index >= 15 is 0 Å². The molecule has 80 valence electrons. The number of allylic oxidation sites excluding steroid dienone is 1. The molecular weight excluding hydrogens is 423 g/mol. The van der Waals surface area contributed by atoms with Crippen LogP contribution in [-0.2, 0) is 3.07 Å². The molecule has 0 aliphatic carbocycles. The van der Waals surface area contributed by atoms with Crippen molar-refractivity contribution in [2.24, 2.45) is 5.92 Å². The molecular formula is C10H13Br2IO. The van der Waals surface area contributed by atoms with Gasteiger partial charge in [-0.25, -0.2) is 0 Å². The highest BCUT2D eigenvalue weighted by molar-refractivity contribution is 14.1. The molecule has 0 rings (SSSR count). The third kappa shape index (κ3) is 8.27. The minimum atomic E-state index is 0.0287. The smallest absolute Gasteiger partial charge is 0.131 e. The first-order valence-corrected chi connectivity index (χ1v) is 6.78. The average Bonchev–Trinajstić information content (AvgIpc) is 2.11. The Morgan fingerprint density at radius 2 is 2.21 bits per heavy atom. The predicted molar refractivity (Wildman–Crippen MR) is 76.7 cm³/mol. The maximum atomic E-state index is 5.18. The summed E-state index contributed by atoms with van der Waals surface area (Å²) >= 11 is 8.33. The normalized spacial score (nSPS) is 14.0. The van der Waals surface area contributed by atoms with Crippen molar-refractivity contribution in [1.82, 2.24) is 0 Å². The molecule has 4 heteroatoms. The lowest BCUT2D eigenvalue weighted by molar-refractivity contribution is 0.313. The van der Waals surface area contributed by atoms with Crippen LogP contribution in [0.5, 0.6) is 0 Å². The van der Waals surface area contributed by atoms with Gasteiger partial charge >= 0.3 is 0 Å². The Hall–Kier alpha value is 0.950. The highest BCUT2D eigenvalue weighted by atomic mass is 127. The summed E-state index contributed by atoms with van der Waals surface area (Å²) in [6.07, 6.45) is 3.10. The summed E-state index contributed by atoms with van der Waals surface area (Å²) in [7, 11) is 0. The first-order valence-electron chi connectivity index (χ1n) is 4.32. The van der Waals surface area contributed by atoms with Crippen molar-refractivity contribution in [2.75, 3.05) is 0 Å². The van der Waals surface area contributed by atoms with Crippen LogP contribution in [0.1, 0.15) is 26.2 Å². The number of halogens is 3. The van der Waals surface area contributed by atoms with Gasteiger partial charge in [-0.05, 0) is 34.5 Å². The topological polar surface area (TPSA) is 9.23 Å². The monoisotopic (exact) mass is 434 g/mol. The molecule has 0 saturated heterocycles. The molecule has 0 aliphatic heterocycles. The zero-order chi connectivity index (χ0) is 11.0. The second-order valence-corrected chi connectivity index (χ2v) is 5.25. The van der Waals surface area contributed by atoms with E-state index in [1.807, 2.05) is 23.0 Å². The van der Waals surface area contributed by atoms with E-state index in [-0.39, 0.29) is 6.10 Å². The SMILES string of the molecule is C=C(Br)C[C@H](C)CCC(C#CBr)OI. The molecule has 1 unspecified atom stereocenters. The van der Waals surface area contributed by atoms with E-state index in [1.165, 1.54) is 0 Å². The lowest BCUT2D eigenvalue weighted by atomic mass is 10.00. The molecule has 0 heterocycles. The number of hydrogen-bond donors (Lipinski definition) is 0. The van der Waals surface area contributed by atoms with E-state index in [0.29, 0.717) is 5.92 Å². The predicted octanol–water partition coefficient (Wildman–Crippen LogP) is 4.79. The minimum absolute atomic E-state index is 0.0287. The molecule has 0 aliphatic rings. The molecule has 0 bridgehead atoms. The Morgan fingerprint density at radius 1 is 1.57 bits per heavy atom. The zero-order valence-electron chi connectivity index (χ0n) is 8.03. The highest BCUT2D eigenvalue weighted by Crippen LogP contribution is 2.20. The maximum absolute atomic E-state index is 5.18. The van der Waals surface area contributed by atoms with Gasteiger partial charge in [0, 0.05) is 15.9 Å². The van der Waals surface area contributed by atoms with Gasteiger partial charge in [0.05, 0.1) is 0 Å². The van der Waals surface area contributed by atoms with Crippen LogP contribution < -0.4 is 0 Å². The molecule has 0 amide bonds. The minimum Gasteiger partial charge on any atom is -0.299 e. The maximum Gasteiger partial charge on any atom is 0.131 e. The van der Waals surface area contributed by atoms with Crippen LogP contribution in [0.3, 0.4) is 0 Å². The van der Waals surface area contributed by atoms with E-state index < -0.39 is 0 Å². The molecule has 0 N–H and O–H groups in total. The molecule has 0 saturated carbocycles. The summed E-state index contributed by atoms with van der Waals surface area (Å²) in [4.78, 5) is 2.69. The van der Waals surface area contributed by atoms with Crippen molar-refractivity contribution < 1.29 is 3.07 Å². The van der Waals surface area contributed by atoms with Gasteiger partial charge in [-0.3, -0.25) is 3.07 Å². The molecule has 2 atom stereocenters. The van der Waals surface area contributed by atoms with Gasteiger partial charge in [0.15, 0.2) is 0 Å². The third-order valence-corrected chi connectivity index (χ3v) is 2.98. The van der Waals surface area contributed by atoms with E-state index in [9.17, 15) is 0 Å². The van der Waals surface area contributed by atoms with Crippen LogP contribution in [0.4, 0.5) is 0 Å². The number of rotatable bonds is 6. The van der Waals surface area contributed by atoms with Crippen molar-refractivity contribution in [3.05, 3.63) is 11.1 Å². The van der Waals surface area contributed by atoms with Crippen LogP contribution in [0.15, 0.2) is 11.1 Å². The molecule has 0 radical (unpaired) electrons. The first kappa shape index (κ1) is 14.9. The van der Waals surface area contributed by atoms with Gasteiger partial charge in [0.25, 0.3) is 0 Å². The van der Waals surface area contributed by atoms with E-state index in [2.05, 4.69) is 56.1 Å². The zero-order valence-corrected chi connectivity index (χ0v) is 13.4. The quantitative estimate of drug-likeness (QED) is 0.430. The summed E-state index contributed by atoms with van der Waals surface area (Å²) in [6, 6.07) is 0. The fourth-order valence-corrected chi connectivity index (χ4v) is 2.31. The van der Waals surface area contributed by atoms with Crippen LogP contribution in [-0.4, -0.2) is 6.10 Å². The van der Waals surface area contributed by atoms with E-state index in [0.717, 1.165) is 23.7 Å². The van der Waals surface area contributed by atoms with Crippen LogP contribution in [0.25, 0.3) is 0 Å². The second-order valence-electron chi connectivity index (χ2n) is 3.22. The summed E-state index contributed by atoms with van der Waals surface area (Å²) in [5.41, 5.74) is 0. The Morgan fingerprint density at radius 3 is 2.64 bits per heavy atom. The molecule has 0 fully saturated rings.